The van der Waals surface area contributed by atoms with Crippen LogP contribution in [-0.4, -0.2) is 51.9 Å². The number of hydrogen-bond acceptors (Lipinski definition) is 4. The molecule has 0 N–H and O–H groups in total. The van der Waals surface area contributed by atoms with Crippen LogP contribution in [0, 0.1) is 0 Å². The van der Waals surface area contributed by atoms with Crippen molar-refractivity contribution in [3.05, 3.63) is 12.7 Å². The zero-order valence-corrected chi connectivity index (χ0v) is 9.37. The molecule has 1 atom stereocenters. The molecule has 6 heteroatoms. The van der Waals surface area contributed by atoms with Crippen LogP contribution in [0.15, 0.2) is 12.7 Å². The lowest BCUT2D eigenvalue weighted by molar-refractivity contribution is -0.132. The van der Waals surface area contributed by atoms with Crippen LogP contribution in [0.1, 0.15) is 12.8 Å². The van der Waals surface area contributed by atoms with Crippen molar-refractivity contribution in [1.29, 1.82) is 0 Å². The van der Waals surface area contributed by atoms with Gasteiger partial charge in [-0.1, -0.05) is 0 Å². The van der Waals surface area contributed by atoms with E-state index in [0.717, 1.165) is 19.4 Å². The normalized spacial score (nSPS) is 19.9. The molecule has 1 aromatic rings. The molecule has 0 aromatic carbocycles. The summed E-state index contributed by atoms with van der Waals surface area (Å²) in [5.74, 6) is 0.0287. The molecule has 1 fully saturated rings. The van der Waals surface area contributed by atoms with Crippen LogP contribution in [0.4, 0.5) is 0 Å². The van der Waals surface area contributed by atoms with Gasteiger partial charge in [0.2, 0.25) is 5.91 Å². The summed E-state index contributed by atoms with van der Waals surface area (Å²) >= 11 is 0. The van der Waals surface area contributed by atoms with Crippen molar-refractivity contribution < 1.29 is 9.53 Å². The van der Waals surface area contributed by atoms with Crippen molar-refractivity contribution in [2.75, 3.05) is 20.2 Å². The van der Waals surface area contributed by atoms with Crippen LogP contribution >= 0.6 is 0 Å². The summed E-state index contributed by atoms with van der Waals surface area (Å²) in [6, 6.07) is 0. The quantitative estimate of drug-likeness (QED) is 0.717. The van der Waals surface area contributed by atoms with E-state index in [-0.39, 0.29) is 18.6 Å². The third-order valence-electron chi connectivity index (χ3n) is 2.69. The van der Waals surface area contributed by atoms with Crippen molar-refractivity contribution in [3.63, 3.8) is 0 Å². The number of rotatable bonds is 4. The predicted molar refractivity (Wildman–Crippen MR) is 56.6 cm³/mol. The Morgan fingerprint density at radius 2 is 2.56 bits per heavy atom. The summed E-state index contributed by atoms with van der Waals surface area (Å²) in [4.78, 5) is 17.3. The molecule has 0 spiro atoms. The number of carbonyl (C=O) groups is 1. The molecule has 1 aromatic heterocycles. The first kappa shape index (κ1) is 11.1. The Morgan fingerprint density at radius 1 is 1.69 bits per heavy atom. The Balaban J connectivity index is 1.79. The fourth-order valence-electron chi connectivity index (χ4n) is 1.77. The number of aromatic nitrogens is 3. The molecule has 1 unspecified atom stereocenters. The van der Waals surface area contributed by atoms with E-state index in [1.165, 1.54) is 17.3 Å². The largest absolute Gasteiger partial charge is 0.376 e. The van der Waals surface area contributed by atoms with Crippen LogP contribution in [0.3, 0.4) is 0 Å². The van der Waals surface area contributed by atoms with Gasteiger partial charge in [-0.25, -0.2) is 9.67 Å². The molecule has 88 valence electrons. The fourth-order valence-corrected chi connectivity index (χ4v) is 1.77. The van der Waals surface area contributed by atoms with Gasteiger partial charge in [-0.3, -0.25) is 4.79 Å². The first-order chi connectivity index (χ1) is 7.75. The van der Waals surface area contributed by atoms with Crippen LogP contribution in [0.25, 0.3) is 0 Å². The minimum atomic E-state index is 0.0287. The van der Waals surface area contributed by atoms with Gasteiger partial charge < -0.3 is 9.64 Å². The van der Waals surface area contributed by atoms with Crippen LogP contribution < -0.4 is 0 Å². The topological polar surface area (TPSA) is 60.2 Å². The first-order valence-electron chi connectivity index (χ1n) is 5.43. The zero-order valence-electron chi connectivity index (χ0n) is 9.37. The molecule has 2 rings (SSSR count). The molecule has 1 aliphatic heterocycles. The standard InChI is InChI=1S/C10H16N4O2/c1-13(5-9-3-2-4-16-9)10(15)6-14-8-11-7-12-14/h7-9H,2-6H2,1H3. The SMILES string of the molecule is CN(CC1CCCO1)C(=O)Cn1cncn1. The molecule has 1 saturated heterocycles. The van der Waals surface area contributed by atoms with Crippen molar-refractivity contribution in [1.82, 2.24) is 19.7 Å². The molecule has 0 bridgehead atoms. The molecule has 6 nitrogen and oxygen atoms in total. The van der Waals surface area contributed by atoms with Crippen molar-refractivity contribution >= 4 is 5.91 Å². The lowest BCUT2D eigenvalue weighted by Crippen LogP contribution is -2.36. The van der Waals surface area contributed by atoms with E-state index in [4.69, 9.17) is 4.74 Å². The number of nitrogens with zero attached hydrogens (tertiary/aromatic N) is 4. The van der Waals surface area contributed by atoms with Crippen molar-refractivity contribution in [2.45, 2.75) is 25.5 Å². The van der Waals surface area contributed by atoms with Gasteiger partial charge in [-0.05, 0) is 12.8 Å². The first-order valence-corrected chi connectivity index (χ1v) is 5.43. The molecule has 0 saturated carbocycles. The van der Waals surface area contributed by atoms with Gasteiger partial charge in [0, 0.05) is 20.2 Å². The van der Waals surface area contributed by atoms with Crippen LogP contribution in [0.5, 0.6) is 0 Å². The maximum Gasteiger partial charge on any atom is 0.244 e. The summed E-state index contributed by atoms with van der Waals surface area (Å²) in [5, 5.41) is 3.90. The Bertz CT molecular complexity index is 333. The Morgan fingerprint density at radius 3 is 3.19 bits per heavy atom. The van der Waals surface area contributed by atoms with E-state index < -0.39 is 0 Å². The second-order valence-electron chi connectivity index (χ2n) is 4.00. The van der Waals surface area contributed by atoms with Gasteiger partial charge in [-0.15, -0.1) is 0 Å². The molecule has 2 heterocycles. The average molecular weight is 224 g/mol. The van der Waals surface area contributed by atoms with Crippen LogP contribution in [0.2, 0.25) is 0 Å². The third kappa shape index (κ3) is 2.79. The fraction of sp³-hybridized carbons (Fsp3) is 0.700. The van der Waals surface area contributed by atoms with E-state index in [0.29, 0.717) is 6.54 Å². The minimum absolute atomic E-state index is 0.0287. The maximum atomic E-state index is 11.8. The maximum absolute atomic E-state index is 11.8. The second-order valence-corrected chi connectivity index (χ2v) is 4.00. The smallest absolute Gasteiger partial charge is 0.244 e. The third-order valence-corrected chi connectivity index (χ3v) is 2.69. The van der Waals surface area contributed by atoms with Gasteiger partial charge in [-0.2, -0.15) is 5.10 Å². The number of carbonyl (C=O) groups excluding carboxylic acids is 1. The molecular weight excluding hydrogens is 208 g/mol. The van der Waals surface area contributed by atoms with Gasteiger partial charge >= 0.3 is 0 Å². The van der Waals surface area contributed by atoms with E-state index >= 15 is 0 Å². The molecule has 1 aliphatic rings. The lowest BCUT2D eigenvalue weighted by atomic mass is 10.2. The van der Waals surface area contributed by atoms with Gasteiger partial charge in [0.25, 0.3) is 0 Å². The summed E-state index contributed by atoms with van der Waals surface area (Å²) in [6.45, 7) is 1.71. The number of hydrogen-bond donors (Lipinski definition) is 0. The number of amides is 1. The minimum Gasteiger partial charge on any atom is -0.376 e. The lowest BCUT2D eigenvalue weighted by Gasteiger charge is -2.20. The van der Waals surface area contributed by atoms with E-state index in [1.807, 2.05) is 0 Å². The Hall–Kier alpha value is -1.43. The average Bonchev–Trinajstić information content (AvgIpc) is 2.90. The molecule has 0 radical (unpaired) electrons. The summed E-state index contributed by atoms with van der Waals surface area (Å²) < 4.78 is 7.00. The van der Waals surface area contributed by atoms with Crippen molar-refractivity contribution in [2.24, 2.45) is 0 Å². The monoisotopic (exact) mass is 224 g/mol. The summed E-state index contributed by atoms with van der Waals surface area (Å²) in [5.41, 5.74) is 0. The highest BCUT2D eigenvalue weighted by molar-refractivity contribution is 5.75. The highest BCUT2D eigenvalue weighted by Crippen LogP contribution is 2.12. The summed E-state index contributed by atoms with van der Waals surface area (Å²) in [7, 11) is 1.79. The van der Waals surface area contributed by atoms with Gasteiger partial charge in [0.1, 0.15) is 19.2 Å². The van der Waals surface area contributed by atoms with Crippen LogP contribution in [-0.2, 0) is 16.1 Å². The Kier molecular flexibility index (Phi) is 3.51. The van der Waals surface area contributed by atoms with Gasteiger partial charge in [0.15, 0.2) is 0 Å². The number of ether oxygens (including phenoxy) is 1. The van der Waals surface area contributed by atoms with Crippen molar-refractivity contribution in [3.8, 4) is 0 Å². The Labute approximate surface area is 94.2 Å². The highest BCUT2D eigenvalue weighted by Gasteiger charge is 2.20. The number of likely N-dealkylation sites (N-methyl/N-ethyl adjacent to an activating group) is 1. The molecular formula is C10H16N4O2. The zero-order chi connectivity index (χ0) is 11.4. The van der Waals surface area contributed by atoms with Gasteiger partial charge in [0.05, 0.1) is 6.10 Å². The molecule has 1 amide bonds. The van der Waals surface area contributed by atoms with E-state index in [2.05, 4.69) is 10.1 Å². The molecule has 16 heavy (non-hydrogen) atoms. The van der Waals surface area contributed by atoms with E-state index in [1.54, 1.807) is 11.9 Å². The molecule has 0 aliphatic carbocycles. The summed E-state index contributed by atoms with van der Waals surface area (Å²) in [6.07, 6.45) is 5.30. The predicted octanol–water partition coefficient (Wildman–Crippen LogP) is -0.0845. The van der Waals surface area contributed by atoms with E-state index in [9.17, 15) is 4.79 Å². The highest BCUT2D eigenvalue weighted by atomic mass is 16.5. The second kappa shape index (κ2) is 5.07.